The van der Waals surface area contributed by atoms with E-state index in [-0.39, 0.29) is 5.41 Å². The summed E-state index contributed by atoms with van der Waals surface area (Å²) in [6.07, 6.45) is 0. The van der Waals surface area contributed by atoms with Crippen LogP contribution >= 0.6 is 0 Å². The summed E-state index contributed by atoms with van der Waals surface area (Å²) < 4.78 is 0. The van der Waals surface area contributed by atoms with Gasteiger partial charge in [-0.25, -0.2) is 0 Å². The highest BCUT2D eigenvalue weighted by atomic mass is 14.4. The summed E-state index contributed by atoms with van der Waals surface area (Å²) in [6, 6.07) is 27.6. The second-order valence-corrected chi connectivity index (χ2v) is 9.78. The largest absolute Gasteiger partial charge is 0.0587 e. The van der Waals surface area contributed by atoms with Gasteiger partial charge in [0.25, 0.3) is 0 Å². The van der Waals surface area contributed by atoms with Crippen molar-refractivity contribution in [3.8, 4) is 33.4 Å². The smallest absolute Gasteiger partial charge is 0.0159 e. The summed E-state index contributed by atoms with van der Waals surface area (Å²) in [5, 5.41) is 0. The topological polar surface area (TPSA) is 0 Å². The fourth-order valence-electron chi connectivity index (χ4n) is 5.35. The maximum atomic E-state index is 2.42. The van der Waals surface area contributed by atoms with Gasteiger partial charge in [0, 0.05) is 5.41 Å². The molecule has 0 aromatic heterocycles. The minimum atomic E-state index is -0.0200. The van der Waals surface area contributed by atoms with E-state index in [0.717, 1.165) is 0 Å². The minimum absolute atomic E-state index is 0.0200. The van der Waals surface area contributed by atoms with Crippen molar-refractivity contribution in [2.75, 3.05) is 0 Å². The molecule has 4 aromatic rings. The van der Waals surface area contributed by atoms with Gasteiger partial charge in [0.2, 0.25) is 0 Å². The molecule has 0 spiro atoms. The number of rotatable bonds is 2. The average molecular weight is 403 g/mol. The summed E-state index contributed by atoms with van der Waals surface area (Å²) in [4.78, 5) is 0. The van der Waals surface area contributed by atoms with E-state index in [1.807, 2.05) is 0 Å². The molecule has 5 rings (SSSR count). The Morgan fingerprint density at radius 1 is 0.452 bits per heavy atom. The van der Waals surface area contributed by atoms with Crippen LogP contribution in [0.25, 0.3) is 33.4 Å². The molecule has 0 unspecified atom stereocenters. The van der Waals surface area contributed by atoms with Crippen LogP contribution in [-0.2, 0) is 5.41 Å². The molecule has 1 aliphatic carbocycles. The molecule has 1 aliphatic rings. The van der Waals surface area contributed by atoms with Crippen molar-refractivity contribution >= 4 is 0 Å². The highest BCUT2D eigenvalue weighted by Gasteiger charge is 2.36. The van der Waals surface area contributed by atoms with E-state index in [9.17, 15) is 0 Å². The fraction of sp³-hybridized carbons (Fsp3) is 0.226. The molecule has 0 amide bonds. The van der Waals surface area contributed by atoms with Crippen LogP contribution in [0.5, 0.6) is 0 Å². The first-order chi connectivity index (χ1) is 14.8. The van der Waals surface area contributed by atoms with E-state index in [1.165, 1.54) is 66.8 Å². The van der Waals surface area contributed by atoms with Gasteiger partial charge in [0.15, 0.2) is 0 Å². The fourth-order valence-corrected chi connectivity index (χ4v) is 5.35. The average Bonchev–Trinajstić information content (AvgIpc) is 2.94. The van der Waals surface area contributed by atoms with Gasteiger partial charge in [-0.15, -0.1) is 0 Å². The summed E-state index contributed by atoms with van der Waals surface area (Å²) in [7, 11) is 0. The molecule has 0 atom stereocenters. The number of hydrogen-bond acceptors (Lipinski definition) is 0. The third kappa shape index (κ3) is 3.13. The number of hydrogen-bond donors (Lipinski definition) is 0. The van der Waals surface area contributed by atoms with Crippen molar-refractivity contribution in [1.82, 2.24) is 0 Å². The van der Waals surface area contributed by atoms with Crippen LogP contribution in [-0.4, -0.2) is 0 Å². The maximum Gasteiger partial charge on any atom is 0.0159 e. The Hall–Kier alpha value is -3.12. The van der Waals surface area contributed by atoms with Gasteiger partial charge in [0.05, 0.1) is 0 Å². The second-order valence-electron chi connectivity index (χ2n) is 9.78. The number of fused-ring (bicyclic) bond motifs is 3. The summed E-state index contributed by atoms with van der Waals surface area (Å²) in [6.45, 7) is 13.5. The Balaban J connectivity index is 1.63. The molecule has 0 saturated carbocycles. The maximum absolute atomic E-state index is 2.42. The van der Waals surface area contributed by atoms with Crippen molar-refractivity contribution in [2.24, 2.45) is 0 Å². The Labute approximate surface area is 186 Å². The van der Waals surface area contributed by atoms with Crippen LogP contribution in [0.4, 0.5) is 0 Å². The molecule has 0 radical (unpaired) electrons. The lowest BCUT2D eigenvalue weighted by Crippen LogP contribution is -2.15. The van der Waals surface area contributed by atoms with Crippen LogP contribution in [0.1, 0.15) is 47.2 Å². The summed E-state index contributed by atoms with van der Waals surface area (Å²) >= 11 is 0. The van der Waals surface area contributed by atoms with E-state index in [2.05, 4.69) is 114 Å². The second kappa shape index (κ2) is 6.95. The van der Waals surface area contributed by atoms with Gasteiger partial charge < -0.3 is 0 Å². The van der Waals surface area contributed by atoms with Crippen LogP contribution in [0.15, 0.2) is 72.8 Å². The molecule has 31 heavy (non-hydrogen) atoms. The Morgan fingerprint density at radius 2 is 0.839 bits per heavy atom. The predicted molar refractivity (Wildman–Crippen MR) is 134 cm³/mol. The van der Waals surface area contributed by atoms with Gasteiger partial charge in [-0.1, -0.05) is 85.6 Å². The molecule has 154 valence electrons. The number of benzene rings is 4. The van der Waals surface area contributed by atoms with Crippen LogP contribution < -0.4 is 0 Å². The van der Waals surface area contributed by atoms with Crippen molar-refractivity contribution in [2.45, 2.75) is 47.0 Å². The van der Waals surface area contributed by atoms with Crippen LogP contribution in [0.3, 0.4) is 0 Å². The quantitative estimate of drug-likeness (QED) is 0.315. The SMILES string of the molecule is Cc1ccc(-c2ccc3c(c2)C(C)(C)c2cc(-c4ccc(C)cc4C)ccc2-3)c(C)c1. The predicted octanol–water partition coefficient (Wildman–Crippen LogP) is 8.56. The lowest BCUT2D eigenvalue weighted by Gasteiger charge is -2.23. The lowest BCUT2D eigenvalue weighted by atomic mass is 9.80. The van der Waals surface area contributed by atoms with E-state index in [4.69, 9.17) is 0 Å². The third-order valence-corrected chi connectivity index (χ3v) is 7.06. The Bertz CT molecular complexity index is 1230. The minimum Gasteiger partial charge on any atom is -0.0587 e. The normalized spacial score (nSPS) is 13.7. The molecule has 0 heterocycles. The Kier molecular flexibility index (Phi) is 4.45. The molecule has 0 nitrogen and oxygen atoms in total. The standard InChI is InChI=1S/C31H30/c1-19-7-11-25(21(3)15-19)23-9-13-27-28-14-10-24(26-12-8-20(2)16-22(26)4)18-30(28)31(5,6)29(27)17-23/h7-18H,1-6H3. The van der Waals surface area contributed by atoms with Crippen molar-refractivity contribution in [3.05, 3.63) is 106 Å². The first-order valence-electron chi connectivity index (χ1n) is 11.2. The molecule has 0 N–H and O–H groups in total. The highest BCUT2D eigenvalue weighted by Crippen LogP contribution is 2.50. The van der Waals surface area contributed by atoms with Crippen molar-refractivity contribution < 1.29 is 0 Å². The zero-order valence-corrected chi connectivity index (χ0v) is 19.4. The molecule has 0 heteroatoms. The molecule has 0 bridgehead atoms. The van der Waals surface area contributed by atoms with Gasteiger partial charge in [-0.3, -0.25) is 0 Å². The Morgan fingerprint density at radius 3 is 1.23 bits per heavy atom. The summed E-state index contributed by atoms with van der Waals surface area (Å²) in [5.74, 6) is 0. The molecule has 4 aromatic carbocycles. The lowest BCUT2D eigenvalue weighted by molar-refractivity contribution is 0.661. The third-order valence-electron chi connectivity index (χ3n) is 7.06. The first-order valence-corrected chi connectivity index (χ1v) is 11.2. The zero-order valence-electron chi connectivity index (χ0n) is 19.4. The van der Waals surface area contributed by atoms with Gasteiger partial charge in [-0.05, 0) is 95.5 Å². The van der Waals surface area contributed by atoms with E-state index in [0.29, 0.717) is 0 Å². The molecular weight excluding hydrogens is 372 g/mol. The summed E-state index contributed by atoms with van der Waals surface area (Å²) in [5.41, 5.74) is 16.2. The van der Waals surface area contributed by atoms with Crippen molar-refractivity contribution in [3.63, 3.8) is 0 Å². The molecule has 0 fully saturated rings. The monoisotopic (exact) mass is 402 g/mol. The van der Waals surface area contributed by atoms with Crippen molar-refractivity contribution in [1.29, 1.82) is 0 Å². The van der Waals surface area contributed by atoms with Gasteiger partial charge in [-0.2, -0.15) is 0 Å². The van der Waals surface area contributed by atoms with E-state index >= 15 is 0 Å². The molecular formula is C31H30. The zero-order chi connectivity index (χ0) is 21.9. The van der Waals surface area contributed by atoms with Gasteiger partial charge >= 0.3 is 0 Å². The van der Waals surface area contributed by atoms with Crippen LogP contribution in [0.2, 0.25) is 0 Å². The van der Waals surface area contributed by atoms with E-state index in [1.54, 1.807) is 0 Å². The molecule has 0 saturated heterocycles. The number of aryl methyl sites for hydroxylation is 4. The molecule has 0 aliphatic heterocycles. The first kappa shape index (κ1) is 19.8. The highest BCUT2D eigenvalue weighted by molar-refractivity contribution is 5.86. The van der Waals surface area contributed by atoms with E-state index < -0.39 is 0 Å². The van der Waals surface area contributed by atoms with Gasteiger partial charge in [0.1, 0.15) is 0 Å². The van der Waals surface area contributed by atoms with Crippen LogP contribution in [0, 0.1) is 27.7 Å².